The molecule has 1 amide bonds. The molecule has 0 aliphatic rings. The van der Waals surface area contributed by atoms with E-state index in [2.05, 4.69) is 5.32 Å². The molecule has 0 radical (unpaired) electrons. The number of anilines is 1. The molecule has 1 aromatic heterocycles. The highest BCUT2D eigenvalue weighted by Crippen LogP contribution is 2.21. The van der Waals surface area contributed by atoms with Gasteiger partial charge in [-0.3, -0.25) is 4.79 Å². The molecule has 2 aromatic rings. The van der Waals surface area contributed by atoms with Gasteiger partial charge in [0.05, 0.1) is 0 Å². The van der Waals surface area contributed by atoms with Gasteiger partial charge in [-0.05, 0) is 42.8 Å². The maximum Gasteiger partial charge on any atom is 0.291 e. The Bertz CT molecular complexity index is 768. The van der Waals surface area contributed by atoms with Crippen molar-refractivity contribution in [1.29, 1.82) is 0 Å². The summed E-state index contributed by atoms with van der Waals surface area (Å²) in [5.74, 6) is -0.728. The van der Waals surface area contributed by atoms with Crippen LogP contribution in [0.5, 0.6) is 0 Å². The van der Waals surface area contributed by atoms with E-state index in [0.717, 1.165) is 11.6 Å². The molecule has 2 rings (SSSR count). The van der Waals surface area contributed by atoms with E-state index >= 15 is 0 Å². The number of amides is 1. The van der Waals surface area contributed by atoms with Gasteiger partial charge in [0.2, 0.25) is 5.09 Å². The highest BCUT2D eigenvalue weighted by molar-refractivity contribution is 7.89. The number of aryl methyl sites for hydroxylation is 1. The number of carbonyl (C=O) groups is 1. The van der Waals surface area contributed by atoms with Gasteiger partial charge in [0.1, 0.15) is 0 Å². The van der Waals surface area contributed by atoms with Gasteiger partial charge < -0.3 is 9.73 Å². The SMILES string of the molecule is Cc1cc(Cl)ccc1NC(=O)c1ccc(S(N)(=O)=O)o1. The second-order valence-corrected chi connectivity index (χ2v) is 6.01. The summed E-state index contributed by atoms with van der Waals surface area (Å²) < 4.78 is 27.0. The lowest BCUT2D eigenvalue weighted by molar-refractivity contribution is 0.0991. The number of benzene rings is 1. The summed E-state index contributed by atoms with van der Waals surface area (Å²) in [4.78, 5) is 11.9. The molecule has 0 aliphatic heterocycles. The fourth-order valence-electron chi connectivity index (χ4n) is 1.55. The van der Waals surface area contributed by atoms with Gasteiger partial charge in [-0.1, -0.05) is 11.6 Å². The van der Waals surface area contributed by atoms with Gasteiger partial charge in [0.15, 0.2) is 5.76 Å². The zero-order valence-corrected chi connectivity index (χ0v) is 12.0. The van der Waals surface area contributed by atoms with Gasteiger partial charge in [0, 0.05) is 10.7 Å². The minimum absolute atomic E-state index is 0.150. The molecule has 0 fully saturated rings. The van der Waals surface area contributed by atoms with Gasteiger partial charge in [-0.15, -0.1) is 0 Å². The Labute approximate surface area is 120 Å². The summed E-state index contributed by atoms with van der Waals surface area (Å²) in [6, 6.07) is 7.32. The van der Waals surface area contributed by atoms with Crippen LogP contribution in [0.4, 0.5) is 5.69 Å². The Morgan fingerprint density at radius 1 is 1.30 bits per heavy atom. The van der Waals surface area contributed by atoms with Gasteiger partial charge in [-0.2, -0.15) is 0 Å². The lowest BCUT2D eigenvalue weighted by Crippen LogP contribution is -2.13. The van der Waals surface area contributed by atoms with Crippen LogP contribution in [0, 0.1) is 6.92 Å². The van der Waals surface area contributed by atoms with E-state index in [1.165, 1.54) is 6.07 Å². The Morgan fingerprint density at radius 3 is 2.55 bits per heavy atom. The van der Waals surface area contributed by atoms with Crippen LogP contribution in [0.2, 0.25) is 5.02 Å². The third-order valence-electron chi connectivity index (χ3n) is 2.52. The largest absolute Gasteiger partial charge is 0.438 e. The van der Waals surface area contributed by atoms with Crippen LogP contribution in [0.3, 0.4) is 0 Å². The van der Waals surface area contributed by atoms with Gasteiger partial charge in [0.25, 0.3) is 15.9 Å². The van der Waals surface area contributed by atoms with Crippen LogP contribution >= 0.6 is 11.6 Å². The minimum Gasteiger partial charge on any atom is -0.438 e. The van der Waals surface area contributed by atoms with Gasteiger partial charge >= 0.3 is 0 Å². The number of hydrogen-bond donors (Lipinski definition) is 2. The van der Waals surface area contributed by atoms with Gasteiger partial charge in [-0.25, -0.2) is 13.6 Å². The maximum atomic E-state index is 11.9. The number of carbonyl (C=O) groups excluding carboxylic acids is 1. The number of nitrogens with one attached hydrogen (secondary N) is 1. The molecule has 8 heteroatoms. The van der Waals surface area contributed by atoms with Crippen molar-refractivity contribution >= 4 is 33.2 Å². The highest BCUT2D eigenvalue weighted by atomic mass is 35.5. The van der Waals surface area contributed by atoms with Crippen molar-refractivity contribution in [1.82, 2.24) is 0 Å². The van der Waals surface area contributed by atoms with Crippen molar-refractivity contribution in [3.05, 3.63) is 46.7 Å². The Hall–Kier alpha value is -1.83. The molecule has 0 bridgehead atoms. The molecule has 0 unspecified atom stereocenters. The van der Waals surface area contributed by atoms with Crippen molar-refractivity contribution in [2.24, 2.45) is 5.14 Å². The number of hydrogen-bond acceptors (Lipinski definition) is 4. The molecule has 0 saturated carbocycles. The standard InChI is InChI=1S/C12H11ClN2O4S/c1-7-6-8(13)2-3-9(7)15-12(16)10-4-5-11(19-10)20(14,17)18/h2-6H,1H3,(H,15,16)(H2,14,17,18). The molecule has 106 valence electrons. The summed E-state index contributed by atoms with van der Waals surface area (Å²) in [6.07, 6.45) is 0. The normalized spacial score (nSPS) is 11.3. The molecule has 3 N–H and O–H groups in total. The van der Waals surface area contributed by atoms with Crippen molar-refractivity contribution < 1.29 is 17.6 Å². The summed E-state index contributed by atoms with van der Waals surface area (Å²) in [5, 5.41) is 7.58. The molecule has 0 spiro atoms. The fourth-order valence-corrected chi connectivity index (χ4v) is 2.24. The lowest BCUT2D eigenvalue weighted by Gasteiger charge is -2.07. The number of furan rings is 1. The summed E-state index contributed by atoms with van der Waals surface area (Å²) in [5.41, 5.74) is 1.32. The number of nitrogens with two attached hydrogens (primary N) is 1. The Balaban J connectivity index is 2.22. The van der Waals surface area contributed by atoms with Crippen molar-refractivity contribution in [3.8, 4) is 0 Å². The summed E-state index contributed by atoms with van der Waals surface area (Å²) >= 11 is 5.81. The predicted octanol–water partition coefficient (Wildman–Crippen LogP) is 2.14. The molecule has 0 saturated heterocycles. The Kier molecular flexibility index (Phi) is 3.85. The first-order valence-electron chi connectivity index (χ1n) is 5.47. The monoisotopic (exact) mass is 314 g/mol. The number of halogens is 1. The fraction of sp³-hybridized carbons (Fsp3) is 0.0833. The molecule has 0 aliphatic carbocycles. The third kappa shape index (κ3) is 3.19. The van der Waals surface area contributed by atoms with Crippen LogP contribution in [-0.4, -0.2) is 14.3 Å². The minimum atomic E-state index is -3.97. The number of sulfonamides is 1. The van der Waals surface area contributed by atoms with E-state index in [1.54, 1.807) is 25.1 Å². The quantitative estimate of drug-likeness (QED) is 0.905. The second-order valence-electron chi connectivity index (χ2n) is 4.08. The molecule has 20 heavy (non-hydrogen) atoms. The van der Waals surface area contributed by atoms with E-state index in [9.17, 15) is 13.2 Å². The highest BCUT2D eigenvalue weighted by Gasteiger charge is 2.17. The van der Waals surface area contributed by atoms with E-state index in [1.807, 2.05) is 0 Å². The first kappa shape index (κ1) is 14.6. The summed E-state index contributed by atoms with van der Waals surface area (Å²) in [7, 11) is -3.97. The molecule has 0 atom stereocenters. The lowest BCUT2D eigenvalue weighted by atomic mass is 10.2. The summed E-state index contributed by atoms with van der Waals surface area (Å²) in [6.45, 7) is 1.78. The predicted molar refractivity (Wildman–Crippen MR) is 74.2 cm³/mol. The molecule has 1 heterocycles. The van der Waals surface area contributed by atoms with E-state index in [4.69, 9.17) is 21.2 Å². The van der Waals surface area contributed by atoms with Crippen molar-refractivity contribution in [2.75, 3.05) is 5.32 Å². The zero-order chi connectivity index (χ0) is 14.9. The van der Waals surface area contributed by atoms with Crippen LogP contribution in [0.15, 0.2) is 39.8 Å². The van der Waals surface area contributed by atoms with Crippen LogP contribution < -0.4 is 10.5 Å². The second kappa shape index (κ2) is 5.28. The van der Waals surface area contributed by atoms with Crippen LogP contribution in [0.1, 0.15) is 16.1 Å². The average Bonchev–Trinajstić information content (AvgIpc) is 2.82. The van der Waals surface area contributed by atoms with Crippen LogP contribution in [0.25, 0.3) is 0 Å². The maximum absolute atomic E-state index is 11.9. The third-order valence-corrected chi connectivity index (χ3v) is 3.54. The molecular weight excluding hydrogens is 304 g/mol. The van der Waals surface area contributed by atoms with E-state index < -0.39 is 21.0 Å². The van der Waals surface area contributed by atoms with Crippen molar-refractivity contribution in [3.63, 3.8) is 0 Å². The number of rotatable bonds is 3. The van der Waals surface area contributed by atoms with E-state index in [0.29, 0.717) is 10.7 Å². The number of primary sulfonamides is 1. The van der Waals surface area contributed by atoms with E-state index in [-0.39, 0.29) is 5.76 Å². The molecule has 6 nitrogen and oxygen atoms in total. The average molecular weight is 315 g/mol. The zero-order valence-electron chi connectivity index (χ0n) is 10.4. The smallest absolute Gasteiger partial charge is 0.291 e. The van der Waals surface area contributed by atoms with Crippen molar-refractivity contribution in [2.45, 2.75) is 12.0 Å². The van der Waals surface area contributed by atoms with Crippen LogP contribution in [-0.2, 0) is 10.0 Å². The first-order chi connectivity index (χ1) is 9.27. The first-order valence-corrected chi connectivity index (χ1v) is 7.40. The Morgan fingerprint density at radius 2 is 2.00 bits per heavy atom. The molecule has 1 aromatic carbocycles. The topological polar surface area (TPSA) is 102 Å². The molecular formula is C12H11ClN2O4S.